The molecule has 9 heteroatoms. The molecule has 0 aliphatic carbocycles. The number of amides is 1. The number of ether oxygens (including phenoxy) is 2. The molecule has 0 unspecified atom stereocenters. The van der Waals surface area contributed by atoms with Gasteiger partial charge in [-0.2, -0.15) is 0 Å². The van der Waals surface area contributed by atoms with E-state index >= 15 is 0 Å². The third-order valence-corrected chi connectivity index (χ3v) is 6.20. The molecule has 3 aromatic rings. The van der Waals surface area contributed by atoms with E-state index in [0.29, 0.717) is 23.1 Å². The number of unbranched alkanes of at least 4 members (excludes halogenated alkanes) is 1. The van der Waals surface area contributed by atoms with E-state index in [0.717, 1.165) is 55.0 Å². The predicted octanol–water partition coefficient (Wildman–Crippen LogP) is 4.44. The molecule has 168 valence electrons. The van der Waals surface area contributed by atoms with Crippen LogP contribution in [-0.4, -0.2) is 48.9 Å². The predicted molar refractivity (Wildman–Crippen MR) is 133 cm³/mol. The van der Waals surface area contributed by atoms with Gasteiger partial charge < -0.3 is 19.7 Å². The van der Waals surface area contributed by atoms with Crippen molar-refractivity contribution in [3.05, 3.63) is 48.0 Å². The lowest BCUT2D eigenvalue weighted by atomic mass is 10.2. The Labute approximate surface area is 196 Å². The number of hydrogen-bond acceptors (Lipinski definition) is 7. The van der Waals surface area contributed by atoms with Gasteiger partial charge in [-0.25, -0.2) is 4.98 Å². The summed E-state index contributed by atoms with van der Waals surface area (Å²) >= 11 is 6.84. The van der Waals surface area contributed by atoms with E-state index in [1.165, 1.54) is 11.3 Å². The molecule has 4 rings (SSSR count). The van der Waals surface area contributed by atoms with Gasteiger partial charge in [0.2, 0.25) is 0 Å². The fourth-order valence-electron chi connectivity index (χ4n) is 3.35. The normalized spacial score (nSPS) is 13.7. The van der Waals surface area contributed by atoms with Crippen molar-refractivity contribution in [2.24, 2.45) is 0 Å². The van der Waals surface area contributed by atoms with Gasteiger partial charge in [0.05, 0.1) is 30.0 Å². The van der Waals surface area contributed by atoms with Crippen LogP contribution in [0.2, 0.25) is 0 Å². The van der Waals surface area contributed by atoms with Crippen LogP contribution in [0.1, 0.15) is 30.1 Å². The minimum Gasteiger partial charge on any atom is -0.494 e. The van der Waals surface area contributed by atoms with Crippen molar-refractivity contribution < 1.29 is 14.3 Å². The molecule has 1 saturated heterocycles. The van der Waals surface area contributed by atoms with Crippen LogP contribution in [0.5, 0.6) is 5.75 Å². The lowest BCUT2D eigenvalue weighted by Crippen LogP contribution is -2.36. The number of thiazole rings is 1. The Morgan fingerprint density at radius 1 is 1.25 bits per heavy atom. The zero-order chi connectivity index (χ0) is 22.3. The van der Waals surface area contributed by atoms with Crippen LogP contribution >= 0.6 is 23.6 Å². The second kappa shape index (κ2) is 10.7. The quantitative estimate of drug-likeness (QED) is 0.391. The minimum atomic E-state index is -0.292. The summed E-state index contributed by atoms with van der Waals surface area (Å²) in [5, 5.41) is 6.59. The van der Waals surface area contributed by atoms with Crippen LogP contribution in [-0.2, 0) is 4.74 Å². The van der Waals surface area contributed by atoms with Gasteiger partial charge in [0.25, 0.3) is 5.91 Å². The maximum Gasteiger partial charge on any atom is 0.257 e. The van der Waals surface area contributed by atoms with Crippen molar-refractivity contribution in [2.45, 2.75) is 19.8 Å². The summed E-state index contributed by atoms with van der Waals surface area (Å²) in [7, 11) is 0. The van der Waals surface area contributed by atoms with Crippen LogP contribution in [0.4, 0.5) is 10.8 Å². The van der Waals surface area contributed by atoms with Crippen LogP contribution in [0, 0.1) is 0 Å². The highest BCUT2D eigenvalue weighted by Gasteiger charge is 2.14. The molecule has 0 saturated carbocycles. The molecule has 32 heavy (non-hydrogen) atoms. The number of rotatable bonds is 7. The number of benzene rings is 2. The van der Waals surface area contributed by atoms with Gasteiger partial charge >= 0.3 is 0 Å². The smallest absolute Gasteiger partial charge is 0.257 e. The number of aromatic nitrogens is 1. The van der Waals surface area contributed by atoms with E-state index in [2.05, 4.69) is 39.6 Å². The van der Waals surface area contributed by atoms with E-state index < -0.39 is 0 Å². The minimum absolute atomic E-state index is 0.208. The van der Waals surface area contributed by atoms with Gasteiger partial charge in [-0.1, -0.05) is 30.7 Å². The number of nitrogens with one attached hydrogen (secondary N) is 2. The van der Waals surface area contributed by atoms with Gasteiger partial charge in [0.1, 0.15) is 5.75 Å². The van der Waals surface area contributed by atoms with E-state index in [-0.39, 0.29) is 11.0 Å². The third kappa shape index (κ3) is 5.73. The average molecular weight is 471 g/mol. The second-order valence-electron chi connectivity index (χ2n) is 7.41. The summed E-state index contributed by atoms with van der Waals surface area (Å²) < 4.78 is 12.2. The number of morpholine rings is 1. The monoisotopic (exact) mass is 470 g/mol. The van der Waals surface area contributed by atoms with E-state index in [1.54, 1.807) is 18.2 Å². The zero-order valence-corrected chi connectivity index (χ0v) is 19.6. The van der Waals surface area contributed by atoms with Crippen molar-refractivity contribution >= 4 is 55.6 Å². The van der Waals surface area contributed by atoms with Crippen molar-refractivity contribution in [1.82, 2.24) is 10.3 Å². The van der Waals surface area contributed by atoms with E-state index in [4.69, 9.17) is 21.7 Å². The van der Waals surface area contributed by atoms with Crippen LogP contribution in [0.3, 0.4) is 0 Å². The summed E-state index contributed by atoms with van der Waals surface area (Å²) in [6.07, 6.45) is 2.03. The molecule has 0 bridgehead atoms. The van der Waals surface area contributed by atoms with Gasteiger partial charge in [-0.05, 0) is 55.0 Å². The molecule has 7 nitrogen and oxygen atoms in total. The summed E-state index contributed by atoms with van der Waals surface area (Å²) in [5.74, 6) is 0.381. The molecular weight excluding hydrogens is 444 g/mol. The number of hydrogen-bond donors (Lipinski definition) is 2. The van der Waals surface area contributed by atoms with Crippen LogP contribution in [0.25, 0.3) is 10.2 Å². The van der Waals surface area contributed by atoms with Gasteiger partial charge in [-0.3, -0.25) is 10.1 Å². The summed E-state index contributed by atoms with van der Waals surface area (Å²) in [5.41, 5.74) is 2.54. The number of nitrogens with zero attached hydrogens (tertiary/aromatic N) is 2. The maximum absolute atomic E-state index is 12.6. The molecule has 1 amide bonds. The number of fused-ring (bicyclic) bond motifs is 1. The molecular formula is C23H26N4O3S2. The molecule has 1 aliphatic heterocycles. The van der Waals surface area contributed by atoms with Crippen molar-refractivity contribution in [1.29, 1.82) is 0 Å². The number of thiocarbonyl (C=S) groups is 1. The van der Waals surface area contributed by atoms with E-state index in [9.17, 15) is 4.79 Å². The topological polar surface area (TPSA) is 75.7 Å². The fraction of sp³-hybridized carbons (Fsp3) is 0.348. The third-order valence-electron chi connectivity index (χ3n) is 5.06. The Morgan fingerprint density at radius 3 is 2.91 bits per heavy atom. The molecule has 0 radical (unpaired) electrons. The molecule has 1 fully saturated rings. The fourth-order valence-corrected chi connectivity index (χ4v) is 4.51. The maximum atomic E-state index is 12.6. The number of carbonyl (C=O) groups excluding carboxylic acids is 1. The second-order valence-corrected chi connectivity index (χ2v) is 8.85. The van der Waals surface area contributed by atoms with Gasteiger partial charge in [0, 0.05) is 24.3 Å². The Hall–Kier alpha value is -2.75. The molecule has 0 spiro atoms. The molecule has 1 aromatic heterocycles. The Bertz CT molecular complexity index is 1100. The largest absolute Gasteiger partial charge is 0.494 e. The SMILES string of the molecule is CCCCOc1cccc(C(=O)NC(=S)Nc2nc3ccc(N4CCOCC4)cc3s2)c1. The first kappa shape index (κ1) is 22.4. The zero-order valence-electron chi connectivity index (χ0n) is 17.9. The first-order chi connectivity index (χ1) is 15.6. The highest BCUT2D eigenvalue weighted by Crippen LogP contribution is 2.30. The van der Waals surface area contributed by atoms with Crippen LogP contribution in [0.15, 0.2) is 42.5 Å². The van der Waals surface area contributed by atoms with E-state index in [1.807, 2.05) is 12.1 Å². The highest BCUT2D eigenvalue weighted by molar-refractivity contribution is 7.80. The Kier molecular flexibility index (Phi) is 7.51. The molecule has 2 aromatic carbocycles. The summed E-state index contributed by atoms with van der Waals surface area (Å²) in [4.78, 5) is 19.5. The van der Waals surface area contributed by atoms with Gasteiger partial charge in [0.15, 0.2) is 10.2 Å². The average Bonchev–Trinajstić information content (AvgIpc) is 3.21. The molecule has 1 aliphatic rings. The lowest BCUT2D eigenvalue weighted by Gasteiger charge is -2.28. The lowest BCUT2D eigenvalue weighted by molar-refractivity contribution is 0.0977. The number of carbonyl (C=O) groups is 1. The standard InChI is InChI=1S/C23H26N4O3S2/c1-2-3-11-30-18-6-4-5-16(14-18)21(28)25-22(31)26-23-24-19-8-7-17(15-20(19)32-23)27-9-12-29-13-10-27/h4-8,14-15H,2-3,9-13H2,1H3,(H2,24,25,26,28,31). The first-order valence-corrected chi connectivity index (χ1v) is 11.9. The molecule has 2 heterocycles. The van der Waals surface area contributed by atoms with Gasteiger partial charge in [-0.15, -0.1) is 0 Å². The summed E-state index contributed by atoms with van der Waals surface area (Å²) in [6, 6.07) is 13.3. The Balaban J connectivity index is 1.37. The number of anilines is 2. The molecule has 0 atom stereocenters. The highest BCUT2D eigenvalue weighted by atomic mass is 32.1. The van der Waals surface area contributed by atoms with Crippen LogP contribution < -0.4 is 20.3 Å². The first-order valence-electron chi connectivity index (χ1n) is 10.7. The molecule has 2 N–H and O–H groups in total. The van der Waals surface area contributed by atoms with Crippen molar-refractivity contribution in [3.8, 4) is 5.75 Å². The summed E-state index contributed by atoms with van der Waals surface area (Å²) in [6.45, 7) is 6.00. The Morgan fingerprint density at radius 2 is 2.09 bits per heavy atom. The van der Waals surface area contributed by atoms with Crippen molar-refractivity contribution in [2.75, 3.05) is 43.1 Å². The van der Waals surface area contributed by atoms with Crippen molar-refractivity contribution in [3.63, 3.8) is 0 Å².